The summed E-state index contributed by atoms with van der Waals surface area (Å²) >= 11 is 0. The van der Waals surface area contributed by atoms with Crippen molar-refractivity contribution in [2.75, 3.05) is 0 Å². The molecule has 0 saturated carbocycles. The first-order chi connectivity index (χ1) is 7.09. The molecule has 1 fully saturated rings. The van der Waals surface area contributed by atoms with Crippen LogP contribution < -0.4 is 0 Å². The summed E-state index contributed by atoms with van der Waals surface area (Å²) in [6, 6.07) is 4.75. The van der Waals surface area contributed by atoms with Gasteiger partial charge in [0.05, 0.1) is 6.42 Å². The third kappa shape index (κ3) is 1.06. The van der Waals surface area contributed by atoms with Gasteiger partial charge in [0.25, 0.3) is 0 Å². The second-order valence-corrected chi connectivity index (χ2v) is 4.49. The van der Waals surface area contributed by atoms with E-state index in [1.807, 2.05) is 6.92 Å². The molecule has 0 N–H and O–H groups in total. The lowest BCUT2D eigenvalue weighted by atomic mass is 9.89. The van der Waals surface area contributed by atoms with E-state index in [4.69, 9.17) is 4.74 Å². The minimum Gasteiger partial charge on any atom is -0.454 e. The Morgan fingerprint density at radius 2 is 2.27 bits per heavy atom. The molecule has 2 aliphatic rings. The van der Waals surface area contributed by atoms with E-state index in [0.717, 1.165) is 17.5 Å². The number of hydrogen-bond donors (Lipinski definition) is 0. The van der Waals surface area contributed by atoms with Gasteiger partial charge in [-0.05, 0) is 31.0 Å². The second-order valence-electron chi connectivity index (χ2n) is 4.49. The molecule has 1 aliphatic carbocycles. The quantitative estimate of drug-likeness (QED) is 0.608. The van der Waals surface area contributed by atoms with Crippen molar-refractivity contribution in [3.8, 4) is 0 Å². The van der Waals surface area contributed by atoms with Gasteiger partial charge in [-0.1, -0.05) is 6.07 Å². The van der Waals surface area contributed by atoms with Crippen molar-refractivity contribution >= 4 is 5.97 Å². The zero-order valence-electron chi connectivity index (χ0n) is 8.42. The summed E-state index contributed by atoms with van der Waals surface area (Å²) in [5, 5.41) is 0. The molecular formula is C12H11FO2. The Balaban J connectivity index is 2.16. The fourth-order valence-corrected chi connectivity index (χ4v) is 2.75. The lowest BCUT2D eigenvalue weighted by Crippen LogP contribution is -2.24. The summed E-state index contributed by atoms with van der Waals surface area (Å²) in [6.45, 7) is 1.88. The van der Waals surface area contributed by atoms with E-state index >= 15 is 0 Å². The highest BCUT2D eigenvalue weighted by atomic mass is 19.1. The molecule has 0 radical (unpaired) electrons. The molecule has 0 spiro atoms. The summed E-state index contributed by atoms with van der Waals surface area (Å²) in [6.07, 6.45) is 1.27. The number of hydrogen-bond acceptors (Lipinski definition) is 2. The van der Waals surface area contributed by atoms with Crippen molar-refractivity contribution in [1.82, 2.24) is 0 Å². The Bertz CT molecular complexity index is 455. The minimum atomic E-state index is -0.589. The lowest BCUT2D eigenvalue weighted by molar-refractivity contribution is -0.148. The minimum absolute atomic E-state index is 0.169. The third-order valence-electron chi connectivity index (χ3n) is 3.59. The molecule has 1 aliphatic heterocycles. The van der Waals surface area contributed by atoms with E-state index in [9.17, 15) is 9.18 Å². The largest absolute Gasteiger partial charge is 0.454 e. The van der Waals surface area contributed by atoms with Crippen molar-refractivity contribution in [2.45, 2.75) is 25.4 Å². The summed E-state index contributed by atoms with van der Waals surface area (Å²) in [4.78, 5) is 11.2. The van der Waals surface area contributed by atoms with Crippen LogP contribution in [0.25, 0.3) is 0 Å². The molecule has 3 heteroatoms. The van der Waals surface area contributed by atoms with Crippen LogP contribution in [0, 0.1) is 11.7 Å². The van der Waals surface area contributed by atoms with Gasteiger partial charge in [0.15, 0.2) is 0 Å². The van der Waals surface area contributed by atoms with Crippen molar-refractivity contribution in [3.05, 3.63) is 35.1 Å². The zero-order valence-corrected chi connectivity index (χ0v) is 8.42. The van der Waals surface area contributed by atoms with Gasteiger partial charge in [0, 0.05) is 11.5 Å². The zero-order chi connectivity index (χ0) is 10.6. The Labute approximate surface area is 87.0 Å². The van der Waals surface area contributed by atoms with Crippen LogP contribution in [0.1, 0.15) is 24.5 Å². The highest BCUT2D eigenvalue weighted by molar-refractivity contribution is 5.74. The smallest absolute Gasteiger partial charge is 0.307 e. The number of halogens is 1. The maximum absolute atomic E-state index is 13.1. The van der Waals surface area contributed by atoms with Gasteiger partial charge in [-0.2, -0.15) is 0 Å². The first-order valence-corrected chi connectivity index (χ1v) is 5.10. The maximum Gasteiger partial charge on any atom is 0.307 e. The standard InChI is InChI=1S/C12H11FO2/c1-12-8(5-11(14)15-12)4-7-2-3-9(13)6-10(7)12/h2-3,6,8H,4-5H2,1H3/t8-,12+/m0/s1. The molecule has 0 bridgehead atoms. The van der Waals surface area contributed by atoms with E-state index in [-0.39, 0.29) is 17.7 Å². The third-order valence-corrected chi connectivity index (χ3v) is 3.59. The molecule has 0 unspecified atom stereocenters. The van der Waals surface area contributed by atoms with Crippen LogP contribution in [0.5, 0.6) is 0 Å². The maximum atomic E-state index is 13.1. The number of carbonyl (C=O) groups excluding carboxylic acids is 1. The first kappa shape index (κ1) is 8.89. The Morgan fingerprint density at radius 1 is 1.47 bits per heavy atom. The fourth-order valence-electron chi connectivity index (χ4n) is 2.75. The van der Waals surface area contributed by atoms with Gasteiger partial charge in [0.2, 0.25) is 0 Å². The molecule has 1 aromatic carbocycles. The van der Waals surface area contributed by atoms with Gasteiger partial charge < -0.3 is 4.74 Å². The van der Waals surface area contributed by atoms with Gasteiger partial charge in [-0.25, -0.2) is 4.39 Å². The van der Waals surface area contributed by atoms with Crippen molar-refractivity contribution in [2.24, 2.45) is 5.92 Å². The second kappa shape index (κ2) is 2.60. The van der Waals surface area contributed by atoms with Gasteiger partial charge in [0.1, 0.15) is 11.4 Å². The molecule has 1 saturated heterocycles. The number of esters is 1. The molecule has 1 aromatic rings. The van der Waals surface area contributed by atoms with Gasteiger partial charge >= 0.3 is 5.97 Å². The fraction of sp³-hybridized carbons (Fsp3) is 0.417. The average Bonchev–Trinajstić information content (AvgIpc) is 2.57. The number of rotatable bonds is 0. The number of fused-ring (bicyclic) bond motifs is 3. The van der Waals surface area contributed by atoms with Gasteiger partial charge in [-0.3, -0.25) is 4.79 Å². The van der Waals surface area contributed by atoms with E-state index in [1.165, 1.54) is 12.1 Å². The molecular weight excluding hydrogens is 195 g/mol. The Kier molecular flexibility index (Phi) is 1.54. The van der Waals surface area contributed by atoms with E-state index in [2.05, 4.69) is 0 Å². The normalized spacial score (nSPS) is 32.4. The monoisotopic (exact) mass is 206 g/mol. The van der Waals surface area contributed by atoms with E-state index in [0.29, 0.717) is 6.42 Å². The summed E-state index contributed by atoms with van der Waals surface area (Å²) in [7, 11) is 0. The van der Waals surface area contributed by atoms with Crippen LogP contribution in [0.15, 0.2) is 18.2 Å². The van der Waals surface area contributed by atoms with Crippen LogP contribution in [-0.4, -0.2) is 5.97 Å². The number of ether oxygens (including phenoxy) is 1. The Morgan fingerprint density at radius 3 is 3.07 bits per heavy atom. The van der Waals surface area contributed by atoms with Crippen LogP contribution in [0.2, 0.25) is 0 Å². The van der Waals surface area contributed by atoms with E-state index < -0.39 is 5.60 Å². The summed E-state index contributed by atoms with van der Waals surface area (Å²) in [5.74, 6) is -0.252. The molecule has 0 amide bonds. The average molecular weight is 206 g/mol. The molecule has 2 nitrogen and oxygen atoms in total. The van der Waals surface area contributed by atoms with Crippen molar-refractivity contribution in [3.63, 3.8) is 0 Å². The van der Waals surface area contributed by atoms with Crippen molar-refractivity contribution in [1.29, 1.82) is 0 Å². The topological polar surface area (TPSA) is 26.3 Å². The van der Waals surface area contributed by atoms with Crippen LogP contribution in [0.4, 0.5) is 4.39 Å². The lowest BCUT2D eigenvalue weighted by Gasteiger charge is -2.23. The molecule has 15 heavy (non-hydrogen) atoms. The molecule has 1 heterocycles. The van der Waals surface area contributed by atoms with Crippen LogP contribution in [0.3, 0.4) is 0 Å². The summed E-state index contributed by atoms with van der Waals surface area (Å²) < 4.78 is 18.5. The first-order valence-electron chi connectivity index (χ1n) is 5.10. The predicted octanol–water partition coefficient (Wildman–Crippen LogP) is 2.16. The van der Waals surface area contributed by atoms with Crippen LogP contribution >= 0.6 is 0 Å². The molecule has 0 aromatic heterocycles. The predicted molar refractivity (Wildman–Crippen MR) is 51.7 cm³/mol. The van der Waals surface area contributed by atoms with Crippen molar-refractivity contribution < 1.29 is 13.9 Å². The molecule has 3 rings (SSSR count). The van der Waals surface area contributed by atoms with Gasteiger partial charge in [-0.15, -0.1) is 0 Å². The highest BCUT2D eigenvalue weighted by Crippen LogP contribution is 2.49. The summed E-state index contributed by atoms with van der Waals surface area (Å²) in [5.41, 5.74) is 1.36. The Hall–Kier alpha value is -1.38. The molecule has 78 valence electrons. The van der Waals surface area contributed by atoms with Crippen LogP contribution in [-0.2, 0) is 21.6 Å². The number of carbonyl (C=O) groups is 1. The van der Waals surface area contributed by atoms with E-state index in [1.54, 1.807) is 6.07 Å². The number of benzene rings is 1. The molecule has 2 atom stereocenters. The highest BCUT2D eigenvalue weighted by Gasteiger charge is 2.52. The SMILES string of the molecule is C[C@@]12OC(=O)C[C@@H]1Cc1ccc(F)cc12.